The predicted molar refractivity (Wildman–Crippen MR) is 79.7 cm³/mol. The minimum atomic E-state index is -1.79. The minimum absolute atomic E-state index is 0.980. The molecule has 1 saturated carbocycles. The van der Waals surface area contributed by atoms with Crippen molar-refractivity contribution in [2.24, 2.45) is 5.92 Å². The molecule has 17 heavy (non-hydrogen) atoms. The van der Waals surface area contributed by atoms with Crippen LogP contribution in [0.25, 0.3) is 0 Å². The van der Waals surface area contributed by atoms with Gasteiger partial charge >= 0.3 is 8.56 Å². The smallest absolute Gasteiger partial charge is 0.334 e. The molecule has 0 bridgehead atoms. The summed E-state index contributed by atoms with van der Waals surface area (Å²) < 4.78 is 11.0. The Hall–Kier alpha value is 0.567. The SMILES string of the molecule is CO[Si](C)(CCCPC1CCC(C)CC1)OC. The van der Waals surface area contributed by atoms with Crippen molar-refractivity contribution in [3.63, 3.8) is 0 Å². The van der Waals surface area contributed by atoms with Gasteiger partial charge in [0.1, 0.15) is 0 Å². The van der Waals surface area contributed by atoms with Crippen molar-refractivity contribution >= 4 is 17.1 Å². The second-order valence-corrected chi connectivity index (χ2v) is 10.9. The van der Waals surface area contributed by atoms with E-state index >= 15 is 0 Å². The number of rotatable bonds is 7. The normalized spacial score (nSPS) is 26.8. The average Bonchev–Trinajstić information content (AvgIpc) is 2.36. The highest BCUT2D eigenvalue weighted by Gasteiger charge is 2.27. The Balaban J connectivity index is 2.08. The Morgan fingerprint density at radius 2 is 1.71 bits per heavy atom. The van der Waals surface area contributed by atoms with Crippen molar-refractivity contribution in [2.75, 3.05) is 20.4 Å². The predicted octanol–water partition coefficient (Wildman–Crippen LogP) is 4.00. The highest BCUT2D eigenvalue weighted by Crippen LogP contribution is 2.36. The third kappa shape index (κ3) is 5.82. The van der Waals surface area contributed by atoms with E-state index in [0.717, 1.165) is 17.6 Å². The largest absolute Gasteiger partial charge is 0.398 e. The fourth-order valence-corrected chi connectivity index (χ4v) is 5.75. The number of hydrogen-bond acceptors (Lipinski definition) is 2. The van der Waals surface area contributed by atoms with Crippen molar-refractivity contribution in [2.45, 2.75) is 57.3 Å². The van der Waals surface area contributed by atoms with Crippen LogP contribution in [0.1, 0.15) is 39.0 Å². The molecule has 0 heterocycles. The van der Waals surface area contributed by atoms with Crippen LogP contribution >= 0.6 is 8.58 Å². The standard InChI is InChI=1S/C13H29O2PSi/c1-12-6-8-13(9-7-12)16-10-5-11-17(4,14-2)15-3/h12-13,16H,5-11H2,1-4H3. The summed E-state index contributed by atoms with van der Waals surface area (Å²) in [4.78, 5) is 0. The van der Waals surface area contributed by atoms with Gasteiger partial charge in [-0.05, 0) is 49.6 Å². The molecule has 0 aromatic heterocycles. The zero-order valence-corrected chi connectivity index (χ0v) is 13.9. The van der Waals surface area contributed by atoms with Gasteiger partial charge in [0.2, 0.25) is 0 Å². The van der Waals surface area contributed by atoms with Gasteiger partial charge in [0.25, 0.3) is 0 Å². The van der Waals surface area contributed by atoms with E-state index in [9.17, 15) is 0 Å². The Kier molecular flexibility index (Phi) is 7.25. The van der Waals surface area contributed by atoms with Crippen LogP contribution in [-0.2, 0) is 8.85 Å². The van der Waals surface area contributed by atoms with E-state index in [1.165, 1.54) is 46.8 Å². The zero-order chi connectivity index (χ0) is 12.7. The molecule has 0 aromatic carbocycles. The van der Waals surface area contributed by atoms with E-state index in [-0.39, 0.29) is 0 Å². The molecule has 0 saturated heterocycles. The molecule has 2 nitrogen and oxygen atoms in total. The zero-order valence-electron chi connectivity index (χ0n) is 11.9. The first kappa shape index (κ1) is 15.6. The van der Waals surface area contributed by atoms with Gasteiger partial charge < -0.3 is 8.85 Å². The van der Waals surface area contributed by atoms with E-state index in [2.05, 4.69) is 13.5 Å². The van der Waals surface area contributed by atoms with Gasteiger partial charge in [0.15, 0.2) is 0 Å². The van der Waals surface area contributed by atoms with E-state index < -0.39 is 8.56 Å². The molecule has 0 radical (unpaired) electrons. The molecule has 0 aliphatic heterocycles. The molecule has 1 aliphatic carbocycles. The average molecular weight is 276 g/mol. The minimum Gasteiger partial charge on any atom is -0.398 e. The van der Waals surface area contributed by atoms with Gasteiger partial charge in [-0.1, -0.05) is 19.8 Å². The van der Waals surface area contributed by atoms with Gasteiger partial charge in [0.05, 0.1) is 0 Å². The Bertz CT molecular complexity index is 202. The van der Waals surface area contributed by atoms with Crippen molar-refractivity contribution in [3.05, 3.63) is 0 Å². The van der Waals surface area contributed by atoms with Crippen molar-refractivity contribution in [3.8, 4) is 0 Å². The molecule has 0 aromatic rings. The molecule has 1 aliphatic rings. The Morgan fingerprint density at radius 3 is 2.24 bits per heavy atom. The van der Waals surface area contributed by atoms with Gasteiger partial charge in [-0.25, -0.2) is 0 Å². The maximum Gasteiger partial charge on any atom is 0.334 e. The van der Waals surface area contributed by atoms with Gasteiger partial charge in [-0.3, -0.25) is 0 Å². The molecule has 102 valence electrons. The first-order valence-electron chi connectivity index (χ1n) is 6.93. The van der Waals surface area contributed by atoms with E-state index in [1.807, 2.05) is 0 Å². The lowest BCUT2D eigenvalue weighted by Gasteiger charge is -2.27. The van der Waals surface area contributed by atoms with Gasteiger partial charge in [-0.15, -0.1) is 8.58 Å². The van der Waals surface area contributed by atoms with Crippen LogP contribution in [0.15, 0.2) is 0 Å². The third-order valence-corrected chi connectivity index (χ3v) is 8.91. The van der Waals surface area contributed by atoms with Gasteiger partial charge in [0, 0.05) is 14.2 Å². The Labute approximate surface area is 110 Å². The molecule has 4 heteroatoms. The van der Waals surface area contributed by atoms with Crippen LogP contribution in [0, 0.1) is 5.92 Å². The summed E-state index contributed by atoms with van der Waals surface area (Å²) in [6.07, 6.45) is 8.54. The Morgan fingerprint density at radius 1 is 1.12 bits per heavy atom. The van der Waals surface area contributed by atoms with Gasteiger partial charge in [-0.2, -0.15) is 0 Å². The molecule has 1 atom stereocenters. The molecular formula is C13H29O2PSi. The summed E-state index contributed by atoms with van der Waals surface area (Å²) in [5, 5.41) is 0. The topological polar surface area (TPSA) is 18.5 Å². The molecule has 0 amide bonds. The third-order valence-electron chi connectivity index (χ3n) is 4.12. The highest BCUT2D eigenvalue weighted by molar-refractivity contribution is 7.38. The molecule has 1 unspecified atom stereocenters. The van der Waals surface area contributed by atoms with Crippen molar-refractivity contribution < 1.29 is 8.85 Å². The maximum atomic E-state index is 5.51. The quantitative estimate of drug-likeness (QED) is 0.397. The summed E-state index contributed by atoms with van der Waals surface area (Å²) in [5.74, 6) is 0.980. The lowest BCUT2D eigenvalue weighted by atomic mass is 9.91. The van der Waals surface area contributed by atoms with Crippen LogP contribution in [-0.4, -0.2) is 34.6 Å². The summed E-state index contributed by atoms with van der Waals surface area (Å²) in [5.41, 5.74) is 1.03. The van der Waals surface area contributed by atoms with Crippen molar-refractivity contribution in [1.29, 1.82) is 0 Å². The summed E-state index contributed by atoms with van der Waals surface area (Å²) >= 11 is 0. The summed E-state index contributed by atoms with van der Waals surface area (Å²) in [6.45, 7) is 4.56. The summed E-state index contributed by atoms with van der Waals surface area (Å²) in [6, 6.07) is 1.15. The molecule has 0 spiro atoms. The van der Waals surface area contributed by atoms with Crippen molar-refractivity contribution in [1.82, 2.24) is 0 Å². The first-order chi connectivity index (χ1) is 8.09. The summed E-state index contributed by atoms with van der Waals surface area (Å²) in [7, 11) is 2.96. The maximum absolute atomic E-state index is 5.51. The first-order valence-corrected chi connectivity index (χ1v) is 10.7. The molecule has 1 fully saturated rings. The van der Waals surface area contributed by atoms with Crippen LogP contribution in [0.3, 0.4) is 0 Å². The number of hydrogen-bond donors (Lipinski definition) is 0. The van der Waals surface area contributed by atoms with Crippen LogP contribution in [0.5, 0.6) is 0 Å². The van der Waals surface area contributed by atoms with Crippen LogP contribution in [0.2, 0.25) is 12.6 Å². The lowest BCUT2D eigenvalue weighted by molar-refractivity contribution is 0.249. The van der Waals surface area contributed by atoms with E-state index in [0.29, 0.717) is 0 Å². The van der Waals surface area contributed by atoms with Crippen LogP contribution in [0.4, 0.5) is 0 Å². The molecule has 0 N–H and O–H groups in total. The second kappa shape index (κ2) is 7.88. The second-order valence-electron chi connectivity index (χ2n) is 5.56. The molecule has 1 rings (SSSR count). The lowest BCUT2D eigenvalue weighted by Crippen LogP contribution is -2.35. The fourth-order valence-electron chi connectivity index (χ4n) is 2.47. The van der Waals surface area contributed by atoms with E-state index in [1.54, 1.807) is 14.2 Å². The molecular weight excluding hydrogens is 247 g/mol. The fraction of sp³-hybridized carbons (Fsp3) is 1.00. The highest BCUT2D eigenvalue weighted by atomic mass is 31.1. The monoisotopic (exact) mass is 276 g/mol. The van der Waals surface area contributed by atoms with E-state index in [4.69, 9.17) is 8.85 Å². The van der Waals surface area contributed by atoms with Crippen LogP contribution < -0.4 is 0 Å².